The summed E-state index contributed by atoms with van der Waals surface area (Å²) in [5.74, 6) is 0.302. The van der Waals surface area contributed by atoms with Crippen molar-refractivity contribution in [3.05, 3.63) is 34.7 Å². The molecular formula is C16H20N4O2S. The van der Waals surface area contributed by atoms with Crippen LogP contribution in [0.4, 0.5) is 5.82 Å². The lowest BCUT2D eigenvalue weighted by Crippen LogP contribution is -2.44. The molecule has 2 atom stereocenters. The number of carbonyl (C=O) groups is 2. The molecule has 2 aromatic rings. The van der Waals surface area contributed by atoms with Crippen LogP contribution in [0.25, 0.3) is 0 Å². The Morgan fingerprint density at radius 1 is 1.48 bits per heavy atom. The maximum absolute atomic E-state index is 12.7. The van der Waals surface area contributed by atoms with Crippen LogP contribution in [0.1, 0.15) is 30.7 Å². The first-order chi connectivity index (χ1) is 11.1. The van der Waals surface area contributed by atoms with Gasteiger partial charge in [-0.05, 0) is 24.8 Å². The number of piperidine rings is 1. The SMILES string of the molecule is CCn1ccc(NC(=O)C2CCC(=O)N(C)C2c2cccs2)n1. The van der Waals surface area contributed by atoms with E-state index in [1.165, 1.54) is 0 Å². The number of nitrogens with one attached hydrogen (secondary N) is 1. The maximum atomic E-state index is 12.7. The molecule has 0 saturated carbocycles. The fourth-order valence-electron chi connectivity index (χ4n) is 2.98. The van der Waals surface area contributed by atoms with Gasteiger partial charge in [-0.3, -0.25) is 14.3 Å². The summed E-state index contributed by atoms with van der Waals surface area (Å²) >= 11 is 1.58. The number of likely N-dealkylation sites (tertiary alicyclic amines) is 1. The molecule has 122 valence electrons. The summed E-state index contributed by atoms with van der Waals surface area (Å²) in [6.45, 7) is 2.75. The van der Waals surface area contributed by atoms with Gasteiger partial charge in [0.1, 0.15) is 0 Å². The molecule has 0 radical (unpaired) electrons. The van der Waals surface area contributed by atoms with E-state index in [2.05, 4.69) is 10.4 Å². The number of nitrogens with zero attached hydrogens (tertiary/aromatic N) is 3. The summed E-state index contributed by atoms with van der Waals surface area (Å²) in [6, 6.07) is 5.52. The topological polar surface area (TPSA) is 67.2 Å². The Kier molecular flexibility index (Phi) is 4.47. The zero-order valence-corrected chi connectivity index (χ0v) is 14.0. The Balaban J connectivity index is 1.80. The first-order valence-corrected chi connectivity index (χ1v) is 8.61. The first kappa shape index (κ1) is 15.7. The molecule has 3 heterocycles. The highest BCUT2D eigenvalue weighted by Crippen LogP contribution is 2.38. The number of aromatic nitrogens is 2. The van der Waals surface area contributed by atoms with Gasteiger partial charge in [-0.15, -0.1) is 11.3 Å². The second-order valence-corrected chi connectivity index (χ2v) is 6.64. The fraction of sp³-hybridized carbons (Fsp3) is 0.438. The van der Waals surface area contributed by atoms with Gasteiger partial charge in [0.25, 0.3) is 0 Å². The predicted molar refractivity (Wildman–Crippen MR) is 89.1 cm³/mol. The van der Waals surface area contributed by atoms with Gasteiger partial charge >= 0.3 is 0 Å². The van der Waals surface area contributed by atoms with E-state index in [1.54, 1.807) is 34.0 Å². The molecule has 2 unspecified atom stereocenters. The normalized spacial score (nSPS) is 21.5. The second-order valence-electron chi connectivity index (χ2n) is 5.66. The summed E-state index contributed by atoms with van der Waals surface area (Å²) in [7, 11) is 1.78. The van der Waals surface area contributed by atoms with Crippen molar-refractivity contribution in [2.45, 2.75) is 32.4 Å². The highest BCUT2D eigenvalue weighted by Gasteiger charge is 2.39. The Hall–Kier alpha value is -2.15. The van der Waals surface area contributed by atoms with Crippen molar-refractivity contribution in [3.8, 4) is 0 Å². The molecule has 2 aromatic heterocycles. The first-order valence-electron chi connectivity index (χ1n) is 7.73. The van der Waals surface area contributed by atoms with Gasteiger partial charge < -0.3 is 10.2 Å². The van der Waals surface area contributed by atoms with Gasteiger partial charge in [-0.2, -0.15) is 5.10 Å². The van der Waals surface area contributed by atoms with Crippen molar-refractivity contribution >= 4 is 29.0 Å². The zero-order chi connectivity index (χ0) is 16.4. The second kappa shape index (κ2) is 6.54. The molecule has 23 heavy (non-hydrogen) atoms. The highest BCUT2D eigenvalue weighted by molar-refractivity contribution is 7.10. The van der Waals surface area contributed by atoms with Crippen molar-refractivity contribution in [1.82, 2.24) is 14.7 Å². The number of aryl methyl sites for hydroxylation is 1. The third-order valence-corrected chi connectivity index (χ3v) is 5.19. The molecule has 0 aliphatic carbocycles. The van der Waals surface area contributed by atoms with Gasteiger partial charge in [-0.1, -0.05) is 6.07 Å². The van der Waals surface area contributed by atoms with Crippen LogP contribution in [0, 0.1) is 5.92 Å². The highest BCUT2D eigenvalue weighted by atomic mass is 32.1. The van der Waals surface area contributed by atoms with E-state index in [1.807, 2.05) is 30.6 Å². The fourth-order valence-corrected chi connectivity index (χ4v) is 3.92. The van der Waals surface area contributed by atoms with Crippen molar-refractivity contribution in [2.24, 2.45) is 5.92 Å². The molecule has 6 nitrogen and oxygen atoms in total. The van der Waals surface area contributed by atoms with Crippen LogP contribution >= 0.6 is 11.3 Å². The molecule has 3 rings (SSSR count). The zero-order valence-electron chi connectivity index (χ0n) is 13.2. The van der Waals surface area contributed by atoms with Crippen LogP contribution in [0.15, 0.2) is 29.8 Å². The van der Waals surface area contributed by atoms with Gasteiger partial charge in [0, 0.05) is 37.2 Å². The molecule has 1 aliphatic rings. The van der Waals surface area contributed by atoms with E-state index in [0.717, 1.165) is 11.4 Å². The largest absolute Gasteiger partial charge is 0.337 e. The minimum atomic E-state index is -0.261. The van der Waals surface area contributed by atoms with Gasteiger partial charge in [0.05, 0.1) is 12.0 Å². The number of carbonyl (C=O) groups excluding carboxylic acids is 2. The van der Waals surface area contributed by atoms with E-state index < -0.39 is 0 Å². The van der Waals surface area contributed by atoms with Crippen molar-refractivity contribution in [1.29, 1.82) is 0 Å². The van der Waals surface area contributed by atoms with Crippen molar-refractivity contribution in [2.75, 3.05) is 12.4 Å². The third-order valence-electron chi connectivity index (χ3n) is 4.25. The minimum Gasteiger partial charge on any atom is -0.337 e. The van der Waals surface area contributed by atoms with Gasteiger partial charge in [-0.25, -0.2) is 0 Å². The molecule has 1 fully saturated rings. The van der Waals surface area contributed by atoms with Crippen molar-refractivity contribution < 1.29 is 9.59 Å². The number of hydrogen-bond donors (Lipinski definition) is 1. The Labute approximate surface area is 139 Å². The lowest BCUT2D eigenvalue weighted by Gasteiger charge is -2.37. The van der Waals surface area contributed by atoms with Crippen LogP contribution < -0.4 is 5.32 Å². The molecule has 0 spiro atoms. The van der Waals surface area contributed by atoms with E-state index in [0.29, 0.717) is 18.7 Å². The Morgan fingerprint density at radius 3 is 2.96 bits per heavy atom. The van der Waals surface area contributed by atoms with Gasteiger partial charge in [0.2, 0.25) is 11.8 Å². The average Bonchev–Trinajstić information content (AvgIpc) is 3.21. The number of thiophene rings is 1. The molecule has 1 N–H and O–H groups in total. The lowest BCUT2D eigenvalue weighted by atomic mass is 9.87. The summed E-state index contributed by atoms with van der Waals surface area (Å²) < 4.78 is 1.77. The maximum Gasteiger partial charge on any atom is 0.231 e. The quantitative estimate of drug-likeness (QED) is 0.935. The van der Waals surface area contributed by atoms with Crippen LogP contribution in [-0.4, -0.2) is 33.5 Å². The molecule has 1 aliphatic heterocycles. The lowest BCUT2D eigenvalue weighted by molar-refractivity contribution is -0.140. The van der Waals surface area contributed by atoms with Crippen LogP contribution in [0.3, 0.4) is 0 Å². The van der Waals surface area contributed by atoms with E-state index in [-0.39, 0.29) is 23.8 Å². The number of anilines is 1. The molecule has 1 saturated heterocycles. The van der Waals surface area contributed by atoms with Crippen LogP contribution in [0.5, 0.6) is 0 Å². The van der Waals surface area contributed by atoms with E-state index >= 15 is 0 Å². The van der Waals surface area contributed by atoms with E-state index in [9.17, 15) is 9.59 Å². The summed E-state index contributed by atoms with van der Waals surface area (Å²) in [6.07, 6.45) is 2.80. The smallest absolute Gasteiger partial charge is 0.231 e. The monoisotopic (exact) mass is 332 g/mol. The Bertz CT molecular complexity index is 695. The van der Waals surface area contributed by atoms with Gasteiger partial charge in [0.15, 0.2) is 5.82 Å². The number of hydrogen-bond acceptors (Lipinski definition) is 4. The number of amides is 2. The number of rotatable bonds is 4. The third kappa shape index (κ3) is 3.14. The van der Waals surface area contributed by atoms with Crippen LogP contribution in [-0.2, 0) is 16.1 Å². The van der Waals surface area contributed by atoms with E-state index in [4.69, 9.17) is 0 Å². The standard InChI is InChI=1S/C16H20N4O2S/c1-3-20-9-8-13(18-20)17-16(22)11-6-7-14(21)19(2)15(11)12-5-4-10-23-12/h4-5,8-11,15H,3,6-7H2,1-2H3,(H,17,18,22). The molecule has 0 bridgehead atoms. The minimum absolute atomic E-state index is 0.0795. The summed E-state index contributed by atoms with van der Waals surface area (Å²) in [5, 5.41) is 9.15. The van der Waals surface area contributed by atoms with Crippen LogP contribution in [0.2, 0.25) is 0 Å². The summed E-state index contributed by atoms with van der Waals surface area (Å²) in [5.41, 5.74) is 0. The average molecular weight is 332 g/mol. The Morgan fingerprint density at radius 2 is 2.30 bits per heavy atom. The molecule has 7 heteroatoms. The molecular weight excluding hydrogens is 312 g/mol. The molecule has 0 aromatic carbocycles. The molecule has 2 amide bonds. The summed E-state index contributed by atoms with van der Waals surface area (Å²) in [4.78, 5) is 27.5. The van der Waals surface area contributed by atoms with Crippen molar-refractivity contribution in [3.63, 3.8) is 0 Å². The predicted octanol–water partition coefficient (Wildman–Crippen LogP) is 2.51.